The Morgan fingerprint density at radius 2 is 2.33 bits per heavy atom. The standard InChI is InChI=1S/C8H13N3O/c1-3-2-4(9)11-7-5(3)6(7)8(10)12/h3,5-7H,2H2,1H3,(H2,9,11)(H2,10,12)/t3-,5-,6-,7-/m1/s1. The van der Waals surface area contributed by atoms with Gasteiger partial charge >= 0.3 is 0 Å². The fraction of sp³-hybridized carbons (Fsp3) is 0.750. The second-order valence-corrected chi connectivity index (χ2v) is 3.80. The summed E-state index contributed by atoms with van der Waals surface area (Å²) < 4.78 is 0. The van der Waals surface area contributed by atoms with Gasteiger partial charge in [-0.2, -0.15) is 0 Å². The van der Waals surface area contributed by atoms with Gasteiger partial charge in [0.25, 0.3) is 0 Å². The monoisotopic (exact) mass is 167 g/mol. The third kappa shape index (κ3) is 0.906. The number of nitrogens with zero attached hydrogens (tertiary/aromatic N) is 1. The maximum absolute atomic E-state index is 10.9. The van der Waals surface area contributed by atoms with E-state index >= 15 is 0 Å². The topological polar surface area (TPSA) is 81.5 Å². The van der Waals surface area contributed by atoms with E-state index in [4.69, 9.17) is 11.5 Å². The van der Waals surface area contributed by atoms with Gasteiger partial charge in [0.2, 0.25) is 5.91 Å². The number of amides is 1. The molecule has 1 heterocycles. The van der Waals surface area contributed by atoms with Crippen molar-refractivity contribution in [3.63, 3.8) is 0 Å². The zero-order valence-corrected chi connectivity index (χ0v) is 7.03. The van der Waals surface area contributed by atoms with Gasteiger partial charge in [-0.1, -0.05) is 6.92 Å². The fourth-order valence-electron chi connectivity index (χ4n) is 2.24. The summed E-state index contributed by atoms with van der Waals surface area (Å²) >= 11 is 0. The van der Waals surface area contributed by atoms with Crippen LogP contribution in [0.4, 0.5) is 0 Å². The van der Waals surface area contributed by atoms with Crippen molar-refractivity contribution in [2.45, 2.75) is 19.4 Å². The molecule has 0 saturated heterocycles. The van der Waals surface area contributed by atoms with Crippen LogP contribution >= 0.6 is 0 Å². The number of carbonyl (C=O) groups is 1. The molecule has 0 aromatic rings. The number of hydrogen-bond acceptors (Lipinski definition) is 3. The summed E-state index contributed by atoms with van der Waals surface area (Å²) in [4.78, 5) is 15.1. The van der Waals surface area contributed by atoms with Gasteiger partial charge in [0, 0.05) is 6.42 Å². The van der Waals surface area contributed by atoms with Crippen molar-refractivity contribution < 1.29 is 4.79 Å². The molecule has 4 N–H and O–H groups in total. The van der Waals surface area contributed by atoms with Crippen LogP contribution in [0.2, 0.25) is 0 Å². The lowest BCUT2D eigenvalue weighted by molar-refractivity contribution is -0.119. The molecule has 4 nitrogen and oxygen atoms in total. The molecule has 66 valence electrons. The Hall–Kier alpha value is -1.06. The Kier molecular flexibility index (Phi) is 1.40. The summed E-state index contributed by atoms with van der Waals surface area (Å²) in [7, 11) is 0. The molecule has 1 aliphatic carbocycles. The highest BCUT2D eigenvalue weighted by molar-refractivity contribution is 5.86. The first-order chi connectivity index (χ1) is 5.61. The predicted octanol–water partition coefficient (Wildman–Crippen LogP) is -0.517. The molecule has 2 aliphatic rings. The molecule has 12 heavy (non-hydrogen) atoms. The van der Waals surface area contributed by atoms with Crippen LogP contribution in [0.3, 0.4) is 0 Å². The van der Waals surface area contributed by atoms with Crippen molar-refractivity contribution >= 4 is 11.7 Å². The summed E-state index contributed by atoms with van der Waals surface area (Å²) in [5.74, 6) is 1.24. The summed E-state index contributed by atoms with van der Waals surface area (Å²) in [6.45, 7) is 2.10. The number of nitrogens with two attached hydrogens (primary N) is 2. The predicted molar refractivity (Wildman–Crippen MR) is 45.4 cm³/mol. The van der Waals surface area contributed by atoms with Crippen LogP contribution in [0.15, 0.2) is 4.99 Å². The largest absolute Gasteiger partial charge is 0.387 e. The second-order valence-electron chi connectivity index (χ2n) is 3.80. The van der Waals surface area contributed by atoms with Gasteiger partial charge in [-0.3, -0.25) is 9.79 Å². The van der Waals surface area contributed by atoms with Crippen molar-refractivity contribution in [1.82, 2.24) is 0 Å². The van der Waals surface area contributed by atoms with E-state index in [1.54, 1.807) is 0 Å². The zero-order valence-electron chi connectivity index (χ0n) is 7.03. The summed E-state index contributed by atoms with van der Waals surface area (Å²) in [6.07, 6.45) is 0.810. The third-order valence-electron chi connectivity index (χ3n) is 2.87. The van der Waals surface area contributed by atoms with Crippen LogP contribution in [-0.4, -0.2) is 17.8 Å². The van der Waals surface area contributed by atoms with Gasteiger partial charge in [0.1, 0.15) is 0 Å². The highest BCUT2D eigenvalue weighted by atomic mass is 16.1. The minimum absolute atomic E-state index is 0.0407. The molecule has 1 fully saturated rings. The molecule has 0 unspecified atom stereocenters. The van der Waals surface area contributed by atoms with Crippen LogP contribution in [-0.2, 0) is 4.79 Å². The van der Waals surface area contributed by atoms with Crippen molar-refractivity contribution in [2.75, 3.05) is 0 Å². The van der Waals surface area contributed by atoms with Crippen LogP contribution in [0.1, 0.15) is 13.3 Å². The minimum Gasteiger partial charge on any atom is -0.387 e. The number of primary amides is 1. The number of amidine groups is 1. The Morgan fingerprint density at radius 3 is 2.92 bits per heavy atom. The zero-order chi connectivity index (χ0) is 8.88. The van der Waals surface area contributed by atoms with Crippen LogP contribution in [0.25, 0.3) is 0 Å². The molecule has 1 amide bonds. The van der Waals surface area contributed by atoms with Gasteiger partial charge in [-0.15, -0.1) is 0 Å². The molecule has 0 aromatic heterocycles. The molecule has 0 radical (unpaired) electrons. The molecule has 4 heteroatoms. The van der Waals surface area contributed by atoms with Crippen molar-refractivity contribution in [3.05, 3.63) is 0 Å². The van der Waals surface area contributed by atoms with E-state index in [1.165, 1.54) is 0 Å². The van der Waals surface area contributed by atoms with Crippen molar-refractivity contribution in [2.24, 2.45) is 34.2 Å². The summed E-state index contributed by atoms with van der Waals surface area (Å²) in [5, 5.41) is 0. The normalized spacial score (nSPS) is 44.6. The van der Waals surface area contributed by atoms with E-state index < -0.39 is 0 Å². The van der Waals surface area contributed by atoms with Gasteiger partial charge in [0.15, 0.2) is 0 Å². The van der Waals surface area contributed by atoms with E-state index in [0.717, 1.165) is 6.42 Å². The number of hydrogen-bond donors (Lipinski definition) is 2. The van der Waals surface area contributed by atoms with Crippen molar-refractivity contribution in [3.8, 4) is 0 Å². The lowest BCUT2D eigenvalue weighted by atomic mass is 9.98. The van der Waals surface area contributed by atoms with Crippen molar-refractivity contribution in [1.29, 1.82) is 0 Å². The van der Waals surface area contributed by atoms with Crippen LogP contribution in [0, 0.1) is 17.8 Å². The van der Waals surface area contributed by atoms with Gasteiger partial charge in [-0.05, 0) is 11.8 Å². The Balaban J connectivity index is 2.17. The second kappa shape index (κ2) is 2.21. The first-order valence-corrected chi connectivity index (χ1v) is 4.22. The average molecular weight is 167 g/mol. The number of rotatable bonds is 1. The highest BCUT2D eigenvalue weighted by Crippen LogP contribution is 2.50. The van der Waals surface area contributed by atoms with Gasteiger partial charge in [0.05, 0.1) is 17.8 Å². The maximum atomic E-state index is 10.9. The van der Waals surface area contributed by atoms with E-state index in [1.807, 2.05) is 0 Å². The highest BCUT2D eigenvalue weighted by Gasteiger charge is 2.58. The van der Waals surface area contributed by atoms with Gasteiger partial charge < -0.3 is 11.5 Å². The Bertz CT molecular complexity index is 261. The van der Waals surface area contributed by atoms with Crippen LogP contribution < -0.4 is 11.5 Å². The van der Waals surface area contributed by atoms with E-state index in [0.29, 0.717) is 17.7 Å². The first kappa shape index (κ1) is 7.58. The minimum atomic E-state index is -0.227. The van der Waals surface area contributed by atoms with E-state index in [2.05, 4.69) is 11.9 Å². The molecule has 1 aliphatic heterocycles. The first-order valence-electron chi connectivity index (χ1n) is 4.22. The fourth-order valence-corrected chi connectivity index (χ4v) is 2.24. The third-order valence-corrected chi connectivity index (χ3v) is 2.87. The molecule has 0 bridgehead atoms. The quantitative estimate of drug-likeness (QED) is 0.551. The number of carbonyl (C=O) groups excluding carboxylic acids is 1. The SMILES string of the molecule is C[C@@H]1CC(N)=N[C@H]2[C@H](C(N)=O)[C@H]21. The van der Waals surface area contributed by atoms with E-state index in [9.17, 15) is 4.79 Å². The summed E-state index contributed by atoms with van der Waals surface area (Å²) in [6, 6.07) is 0.103. The molecule has 1 saturated carbocycles. The molecule has 0 aromatic carbocycles. The Morgan fingerprint density at radius 1 is 1.67 bits per heavy atom. The maximum Gasteiger partial charge on any atom is 0.223 e. The molecule has 2 rings (SSSR count). The molecular formula is C8H13N3O. The van der Waals surface area contributed by atoms with E-state index in [-0.39, 0.29) is 17.9 Å². The lowest BCUT2D eigenvalue weighted by Gasteiger charge is -2.13. The smallest absolute Gasteiger partial charge is 0.223 e. The molecule has 0 spiro atoms. The number of fused-ring (bicyclic) bond motifs is 1. The average Bonchev–Trinajstić information content (AvgIpc) is 2.60. The molecule has 4 atom stereocenters. The number of aliphatic imine (C=N–C) groups is 1. The molecular weight excluding hydrogens is 154 g/mol. The Labute approximate surface area is 71.0 Å². The summed E-state index contributed by atoms with van der Waals surface area (Å²) in [5.41, 5.74) is 10.8. The lowest BCUT2D eigenvalue weighted by Crippen LogP contribution is -2.22. The van der Waals surface area contributed by atoms with Crippen LogP contribution in [0.5, 0.6) is 0 Å². The van der Waals surface area contributed by atoms with Gasteiger partial charge in [-0.25, -0.2) is 0 Å².